The number of carbonyl (C=O) groups excluding carboxylic acids is 1. The summed E-state index contributed by atoms with van der Waals surface area (Å²) >= 11 is 5.13. The van der Waals surface area contributed by atoms with Crippen LogP contribution in [-0.4, -0.2) is 17.3 Å². The van der Waals surface area contributed by atoms with E-state index in [1.807, 2.05) is 12.1 Å². The quantitative estimate of drug-likeness (QED) is 0.799. The molecule has 1 heterocycles. The van der Waals surface area contributed by atoms with Gasteiger partial charge in [-0.05, 0) is 31.4 Å². The maximum absolute atomic E-state index is 11.7. The predicted octanol–water partition coefficient (Wildman–Crippen LogP) is 3.60. The number of hydrogen-bond donors (Lipinski definition) is 1. The van der Waals surface area contributed by atoms with Gasteiger partial charge in [0.15, 0.2) is 0 Å². The highest BCUT2D eigenvalue weighted by atomic mass is 79.9. The van der Waals surface area contributed by atoms with Gasteiger partial charge in [-0.15, -0.1) is 11.3 Å². The molecule has 1 aromatic rings. The largest absolute Gasteiger partial charge is 0.351 e. The maximum Gasteiger partial charge on any atom is 0.261 e. The van der Waals surface area contributed by atoms with Crippen LogP contribution in [-0.2, 0) is 6.42 Å². The molecule has 1 rings (SSSR count). The number of carbonyl (C=O) groups is 1. The van der Waals surface area contributed by atoms with Crippen molar-refractivity contribution in [1.29, 1.82) is 0 Å². The van der Waals surface area contributed by atoms with Crippen molar-refractivity contribution in [1.82, 2.24) is 5.32 Å². The van der Waals surface area contributed by atoms with Gasteiger partial charge in [-0.2, -0.15) is 0 Å². The van der Waals surface area contributed by atoms with E-state index in [1.165, 1.54) is 4.88 Å². The van der Waals surface area contributed by atoms with E-state index in [9.17, 15) is 4.79 Å². The second-order valence-corrected chi connectivity index (χ2v) is 6.13. The summed E-state index contributed by atoms with van der Waals surface area (Å²) in [6.07, 6.45) is 3.07. The molecule has 0 spiro atoms. The van der Waals surface area contributed by atoms with E-state index >= 15 is 0 Å². The second kappa shape index (κ2) is 7.07. The number of thiophene rings is 1. The minimum absolute atomic E-state index is 0.0560. The first-order chi connectivity index (χ1) is 7.67. The molecule has 0 aromatic carbocycles. The molecule has 0 saturated heterocycles. The highest BCUT2D eigenvalue weighted by Gasteiger charge is 2.08. The average molecular weight is 304 g/mol. The van der Waals surface area contributed by atoms with Crippen LogP contribution in [0.5, 0.6) is 0 Å². The zero-order valence-electron chi connectivity index (χ0n) is 9.75. The zero-order valence-corrected chi connectivity index (χ0v) is 12.2. The van der Waals surface area contributed by atoms with Gasteiger partial charge in [0.05, 0.1) is 4.88 Å². The summed E-state index contributed by atoms with van der Waals surface area (Å²) in [5.41, 5.74) is 0. The molecule has 16 heavy (non-hydrogen) atoms. The van der Waals surface area contributed by atoms with Crippen LogP contribution in [0.25, 0.3) is 0 Å². The summed E-state index contributed by atoms with van der Waals surface area (Å²) in [6.45, 7) is 4.97. The molecule has 1 amide bonds. The van der Waals surface area contributed by atoms with E-state index in [1.54, 1.807) is 11.3 Å². The smallest absolute Gasteiger partial charge is 0.261 e. The third kappa shape index (κ3) is 4.26. The van der Waals surface area contributed by atoms with E-state index < -0.39 is 0 Å². The molecule has 0 radical (unpaired) electrons. The SMILES string of the molecule is CCc1ccc(C(=O)NCCC(Br)CC)s1. The lowest BCUT2D eigenvalue weighted by Gasteiger charge is -2.07. The predicted molar refractivity (Wildman–Crippen MR) is 73.7 cm³/mol. The molecule has 4 heteroatoms. The molecule has 1 aromatic heterocycles. The number of halogens is 1. The summed E-state index contributed by atoms with van der Waals surface area (Å²) in [7, 11) is 0. The van der Waals surface area contributed by atoms with E-state index in [4.69, 9.17) is 0 Å². The Morgan fingerprint density at radius 1 is 1.50 bits per heavy atom. The van der Waals surface area contributed by atoms with Gasteiger partial charge >= 0.3 is 0 Å². The van der Waals surface area contributed by atoms with Gasteiger partial charge in [0.2, 0.25) is 0 Å². The van der Waals surface area contributed by atoms with Crippen molar-refractivity contribution in [3.63, 3.8) is 0 Å². The molecule has 1 N–H and O–H groups in total. The molecular weight excluding hydrogens is 286 g/mol. The number of hydrogen-bond acceptors (Lipinski definition) is 2. The molecule has 0 bridgehead atoms. The van der Waals surface area contributed by atoms with Crippen molar-refractivity contribution in [2.75, 3.05) is 6.54 Å². The van der Waals surface area contributed by atoms with Gasteiger partial charge in [-0.1, -0.05) is 29.8 Å². The summed E-state index contributed by atoms with van der Waals surface area (Å²) in [5, 5.41) is 2.94. The first-order valence-corrected chi connectivity index (χ1v) is 7.41. The van der Waals surface area contributed by atoms with Crippen LogP contribution in [0.15, 0.2) is 12.1 Å². The summed E-state index contributed by atoms with van der Waals surface area (Å²) in [5.74, 6) is 0.0560. The molecule has 0 aliphatic carbocycles. The summed E-state index contributed by atoms with van der Waals surface area (Å²) < 4.78 is 0. The molecule has 1 unspecified atom stereocenters. The Balaban J connectivity index is 2.35. The van der Waals surface area contributed by atoms with Crippen molar-refractivity contribution >= 4 is 33.2 Å². The van der Waals surface area contributed by atoms with Crippen LogP contribution in [0.3, 0.4) is 0 Å². The Kier molecular flexibility index (Phi) is 6.06. The molecule has 0 saturated carbocycles. The van der Waals surface area contributed by atoms with Crippen molar-refractivity contribution in [3.05, 3.63) is 21.9 Å². The first kappa shape index (κ1) is 13.7. The normalized spacial score (nSPS) is 12.4. The highest BCUT2D eigenvalue weighted by Crippen LogP contribution is 2.16. The van der Waals surface area contributed by atoms with E-state index in [0.29, 0.717) is 4.83 Å². The van der Waals surface area contributed by atoms with E-state index in [2.05, 4.69) is 35.1 Å². The monoisotopic (exact) mass is 303 g/mol. The summed E-state index contributed by atoms with van der Waals surface area (Å²) in [6, 6.07) is 3.93. The van der Waals surface area contributed by atoms with Crippen LogP contribution in [0.2, 0.25) is 0 Å². The van der Waals surface area contributed by atoms with Gasteiger partial charge in [-0.3, -0.25) is 4.79 Å². The van der Waals surface area contributed by atoms with E-state index in [0.717, 1.165) is 30.7 Å². The third-order valence-corrected chi connectivity index (χ3v) is 4.75. The lowest BCUT2D eigenvalue weighted by molar-refractivity contribution is 0.0957. The standard InChI is InChI=1S/C12H18BrNOS/c1-3-9(13)7-8-14-12(15)11-6-5-10(4-2)16-11/h5-6,9H,3-4,7-8H2,1-2H3,(H,14,15). The molecule has 0 aliphatic rings. The molecule has 0 aliphatic heterocycles. The zero-order chi connectivity index (χ0) is 12.0. The Bertz CT molecular complexity index is 338. The first-order valence-electron chi connectivity index (χ1n) is 5.68. The van der Waals surface area contributed by atoms with Crippen molar-refractivity contribution < 1.29 is 4.79 Å². The lowest BCUT2D eigenvalue weighted by Crippen LogP contribution is -2.25. The average Bonchev–Trinajstić information content (AvgIpc) is 2.77. The van der Waals surface area contributed by atoms with Gasteiger partial charge in [-0.25, -0.2) is 0 Å². The number of aryl methyl sites for hydroxylation is 1. The number of nitrogens with one attached hydrogen (secondary N) is 1. The maximum atomic E-state index is 11.7. The van der Waals surface area contributed by atoms with Crippen LogP contribution < -0.4 is 5.32 Å². The fourth-order valence-corrected chi connectivity index (χ4v) is 2.42. The molecule has 0 fully saturated rings. The second-order valence-electron chi connectivity index (χ2n) is 3.67. The Morgan fingerprint density at radius 3 is 2.81 bits per heavy atom. The van der Waals surface area contributed by atoms with Crippen molar-refractivity contribution in [3.8, 4) is 0 Å². The Hall–Kier alpha value is -0.350. The minimum atomic E-state index is 0.0560. The van der Waals surface area contributed by atoms with Crippen LogP contribution >= 0.6 is 27.3 Å². The highest BCUT2D eigenvalue weighted by molar-refractivity contribution is 9.09. The lowest BCUT2D eigenvalue weighted by atomic mass is 10.2. The van der Waals surface area contributed by atoms with Gasteiger partial charge in [0, 0.05) is 16.2 Å². The molecular formula is C12H18BrNOS. The van der Waals surface area contributed by atoms with Crippen LogP contribution in [0.1, 0.15) is 41.2 Å². The summed E-state index contributed by atoms with van der Waals surface area (Å²) in [4.78, 5) is 14.3. The minimum Gasteiger partial charge on any atom is -0.351 e. The Labute approximate surface area is 110 Å². The Morgan fingerprint density at radius 2 is 2.25 bits per heavy atom. The van der Waals surface area contributed by atoms with Gasteiger partial charge in [0.1, 0.15) is 0 Å². The van der Waals surface area contributed by atoms with Gasteiger partial charge < -0.3 is 5.32 Å². The fraction of sp³-hybridized carbons (Fsp3) is 0.583. The molecule has 1 atom stereocenters. The van der Waals surface area contributed by atoms with Crippen molar-refractivity contribution in [2.45, 2.75) is 37.9 Å². The van der Waals surface area contributed by atoms with Crippen LogP contribution in [0.4, 0.5) is 0 Å². The molecule has 2 nitrogen and oxygen atoms in total. The van der Waals surface area contributed by atoms with Crippen LogP contribution in [0, 0.1) is 0 Å². The number of alkyl halides is 1. The van der Waals surface area contributed by atoms with Crippen molar-refractivity contribution in [2.24, 2.45) is 0 Å². The van der Waals surface area contributed by atoms with Gasteiger partial charge in [0.25, 0.3) is 5.91 Å². The van der Waals surface area contributed by atoms with E-state index in [-0.39, 0.29) is 5.91 Å². The topological polar surface area (TPSA) is 29.1 Å². The number of amides is 1. The third-order valence-electron chi connectivity index (χ3n) is 2.42. The molecule has 90 valence electrons. The number of rotatable bonds is 6. The fourth-order valence-electron chi connectivity index (χ4n) is 1.32.